The van der Waals surface area contributed by atoms with E-state index in [0.29, 0.717) is 16.3 Å². The zero-order valence-electron chi connectivity index (χ0n) is 19.4. The number of ether oxygens (including phenoxy) is 2. The second-order valence-corrected chi connectivity index (χ2v) is 10.3. The lowest BCUT2D eigenvalue weighted by atomic mass is 9.74. The van der Waals surface area contributed by atoms with Gasteiger partial charge in [0.1, 0.15) is 12.2 Å². The van der Waals surface area contributed by atoms with Crippen molar-refractivity contribution in [3.8, 4) is 0 Å². The summed E-state index contributed by atoms with van der Waals surface area (Å²) in [5.41, 5.74) is 1.33. The predicted octanol–water partition coefficient (Wildman–Crippen LogP) is 4.54. The molecule has 2 aliphatic rings. The Balaban J connectivity index is 1.81. The van der Waals surface area contributed by atoms with Gasteiger partial charge in [-0.15, -0.1) is 10.1 Å². The van der Waals surface area contributed by atoms with E-state index in [4.69, 9.17) is 25.9 Å². The first-order chi connectivity index (χ1) is 15.9. The van der Waals surface area contributed by atoms with E-state index in [1.54, 1.807) is 25.3 Å². The molecule has 2 heterocycles. The standard InChI is InChI=1S/C24H27ClN2O7/c1-13-20(17-12-32-21(16(17)11-26-13)14-5-7-15(25)8-6-14)24(22(28)29)9-18(33-23(2,3)4)19(10-24)34-27(30)31/h5-8,11,18-19,21H,9-10,12H2,1-4H3,(H,28,29)/t18-,19-,21+,24+/m1/s1. The molecular formula is C24H27ClN2O7. The third-order valence-corrected chi connectivity index (χ3v) is 6.64. The normalized spacial score (nSPS) is 26.3. The summed E-state index contributed by atoms with van der Waals surface area (Å²) in [6.07, 6.45) is -0.629. The molecule has 0 bridgehead atoms. The van der Waals surface area contributed by atoms with Crippen LogP contribution in [0.2, 0.25) is 5.02 Å². The van der Waals surface area contributed by atoms with Crippen molar-refractivity contribution in [1.29, 1.82) is 0 Å². The molecule has 4 atom stereocenters. The van der Waals surface area contributed by atoms with Crippen LogP contribution in [0.4, 0.5) is 0 Å². The number of carboxylic acid groups (broad SMARTS) is 1. The molecule has 2 aromatic rings. The van der Waals surface area contributed by atoms with E-state index in [0.717, 1.165) is 16.7 Å². The summed E-state index contributed by atoms with van der Waals surface area (Å²) >= 11 is 6.02. The molecule has 1 N–H and O–H groups in total. The Morgan fingerprint density at radius 3 is 2.50 bits per heavy atom. The minimum absolute atomic E-state index is 0.0166. The number of hydrogen-bond acceptors (Lipinski definition) is 7. The Morgan fingerprint density at radius 2 is 1.91 bits per heavy atom. The lowest BCUT2D eigenvalue weighted by Crippen LogP contribution is -2.37. The lowest BCUT2D eigenvalue weighted by Gasteiger charge is -2.30. The van der Waals surface area contributed by atoms with Gasteiger partial charge >= 0.3 is 5.97 Å². The molecule has 34 heavy (non-hydrogen) atoms. The third-order valence-electron chi connectivity index (χ3n) is 6.39. The van der Waals surface area contributed by atoms with Gasteiger partial charge in [-0.3, -0.25) is 9.78 Å². The highest BCUT2D eigenvalue weighted by atomic mass is 35.5. The van der Waals surface area contributed by atoms with E-state index in [1.807, 2.05) is 32.9 Å². The fourth-order valence-corrected chi connectivity index (χ4v) is 5.29. The van der Waals surface area contributed by atoms with Crippen LogP contribution in [0.15, 0.2) is 30.5 Å². The molecule has 0 unspecified atom stereocenters. The molecule has 10 heteroatoms. The van der Waals surface area contributed by atoms with Crippen molar-refractivity contribution in [3.63, 3.8) is 0 Å². The molecule has 182 valence electrons. The largest absolute Gasteiger partial charge is 0.481 e. The Hall–Kier alpha value is -2.75. The molecule has 1 aromatic carbocycles. The van der Waals surface area contributed by atoms with Gasteiger partial charge in [0.2, 0.25) is 0 Å². The zero-order chi connectivity index (χ0) is 24.8. The molecule has 0 spiro atoms. The van der Waals surface area contributed by atoms with Gasteiger partial charge in [0.15, 0.2) is 0 Å². The van der Waals surface area contributed by atoms with Crippen LogP contribution in [0.1, 0.15) is 67.7 Å². The summed E-state index contributed by atoms with van der Waals surface area (Å²) < 4.78 is 12.1. The van der Waals surface area contributed by atoms with Gasteiger partial charge in [-0.25, -0.2) is 0 Å². The molecular weight excluding hydrogens is 464 g/mol. The summed E-state index contributed by atoms with van der Waals surface area (Å²) in [6, 6.07) is 7.26. The number of fused-ring (bicyclic) bond motifs is 1. The van der Waals surface area contributed by atoms with E-state index < -0.39 is 40.4 Å². The molecule has 0 amide bonds. The van der Waals surface area contributed by atoms with Crippen molar-refractivity contribution >= 4 is 17.6 Å². The zero-order valence-corrected chi connectivity index (χ0v) is 20.2. The molecule has 1 saturated carbocycles. The van der Waals surface area contributed by atoms with E-state index >= 15 is 0 Å². The predicted molar refractivity (Wildman–Crippen MR) is 122 cm³/mol. The van der Waals surface area contributed by atoms with E-state index in [1.165, 1.54) is 0 Å². The maximum absolute atomic E-state index is 12.8. The summed E-state index contributed by atoms with van der Waals surface area (Å²) in [5.74, 6) is -1.10. The van der Waals surface area contributed by atoms with Crippen LogP contribution in [-0.2, 0) is 31.1 Å². The Labute approximate surface area is 202 Å². The number of halogens is 1. The number of aliphatic carboxylic acids is 1. The van der Waals surface area contributed by atoms with Gasteiger partial charge < -0.3 is 19.4 Å². The SMILES string of the molecule is Cc1ncc2c(c1[C@@]1(C(=O)O)C[C@@H](O[N+](=O)[O-])[C@H](OC(C)(C)C)C1)CO[C@H]2c1ccc(Cl)cc1. The quantitative estimate of drug-likeness (QED) is 0.462. The number of aromatic nitrogens is 1. The number of carboxylic acids is 1. The van der Waals surface area contributed by atoms with Crippen LogP contribution in [0.3, 0.4) is 0 Å². The lowest BCUT2D eigenvalue weighted by molar-refractivity contribution is -0.770. The number of aryl methyl sites for hydroxylation is 1. The van der Waals surface area contributed by atoms with E-state index in [-0.39, 0.29) is 19.4 Å². The highest BCUT2D eigenvalue weighted by Gasteiger charge is 2.56. The second-order valence-electron chi connectivity index (χ2n) is 9.83. The summed E-state index contributed by atoms with van der Waals surface area (Å²) in [6.45, 7) is 7.39. The van der Waals surface area contributed by atoms with Gasteiger partial charge in [-0.05, 0) is 69.4 Å². The monoisotopic (exact) mass is 490 g/mol. The summed E-state index contributed by atoms with van der Waals surface area (Å²) in [5, 5.41) is 21.4. The Bertz CT molecular complexity index is 1120. The van der Waals surface area contributed by atoms with Crippen LogP contribution < -0.4 is 0 Å². The Morgan fingerprint density at radius 1 is 1.26 bits per heavy atom. The summed E-state index contributed by atoms with van der Waals surface area (Å²) in [7, 11) is 0. The van der Waals surface area contributed by atoms with Crippen LogP contribution in [0.25, 0.3) is 0 Å². The molecule has 4 rings (SSSR count). The molecule has 1 fully saturated rings. The van der Waals surface area contributed by atoms with E-state index in [9.17, 15) is 20.0 Å². The molecule has 1 aromatic heterocycles. The second kappa shape index (κ2) is 8.79. The average molecular weight is 491 g/mol. The highest BCUT2D eigenvalue weighted by molar-refractivity contribution is 6.30. The molecule has 0 saturated heterocycles. The number of benzene rings is 1. The molecule has 0 radical (unpaired) electrons. The van der Waals surface area contributed by atoms with Crippen molar-refractivity contribution in [1.82, 2.24) is 4.98 Å². The first kappa shape index (κ1) is 24.4. The Kier molecular flexibility index (Phi) is 6.30. The third kappa shape index (κ3) is 4.47. The number of carbonyl (C=O) groups is 1. The molecule has 1 aliphatic carbocycles. The number of rotatable bonds is 6. The minimum atomic E-state index is -1.47. The van der Waals surface area contributed by atoms with Gasteiger partial charge in [-0.2, -0.15) is 0 Å². The van der Waals surface area contributed by atoms with Crippen LogP contribution >= 0.6 is 11.6 Å². The number of hydrogen-bond donors (Lipinski definition) is 1. The van der Waals surface area contributed by atoms with Gasteiger partial charge in [0.05, 0.1) is 23.7 Å². The van der Waals surface area contributed by atoms with Gasteiger partial charge in [-0.1, -0.05) is 23.7 Å². The first-order valence-electron chi connectivity index (χ1n) is 11.0. The van der Waals surface area contributed by atoms with Crippen LogP contribution in [0.5, 0.6) is 0 Å². The van der Waals surface area contributed by atoms with Gasteiger partial charge in [0, 0.05) is 22.5 Å². The molecule has 1 aliphatic heterocycles. The van der Waals surface area contributed by atoms with Crippen molar-refractivity contribution in [3.05, 3.63) is 73.5 Å². The van der Waals surface area contributed by atoms with Crippen molar-refractivity contribution in [2.75, 3.05) is 0 Å². The van der Waals surface area contributed by atoms with Crippen LogP contribution in [0, 0.1) is 17.0 Å². The maximum Gasteiger partial charge on any atom is 0.314 e. The van der Waals surface area contributed by atoms with Crippen molar-refractivity contribution in [2.24, 2.45) is 0 Å². The fourth-order valence-electron chi connectivity index (χ4n) is 5.16. The van der Waals surface area contributed by atoms with E-state index in [2.05, 4.69) is 4.98 Å². The first-order valence-corrected chi connectivity index (χ1v) is 11.4. The number of nitrogens with zero attached hydrogens (tertiary/aromatic N) is 2. The number of pyridine rings is 1. The van der Waals surface area contributed by atoms with Crippen molar-refractivity contribution < 1.29 is 29.3 Å². The van der Waals surface area contributed by atoms with Gasteiger partial charge in [0.25, 0.3) is 5.09 Å². The topological polar surface area (TPSA) is 121 Å². The molecule has 9 nitrogen and oxygen atoms in total. The minimum Gasteiger partial charge on any atom is -0.481 e. The average Bonchev–Trinajstić information content (AvgIpc) is 3.29. The fraction of sp³-hybridized carbons (Fsp3) is 0.500. The summed E-state index contributed by atoms with van der Waals surface area (Å²) in [4.78, 5) is 33.5. The van der Waals surface area contributed by atoms with Crippen molar-refractivity contribution in [2.45, 2.75) is 76.5 Å². The maximum atomic E-state index is 12.8. The highest BCUT2D eigenvalue weighted by Crippen LogP contribution is 2.50. The smallest absolute Gasteiger partial charge is 0.314 e. The van der Waals surface area contributed by atoms with Crippen LogP contribution in [-0.4, -0.2) is 39.0 Å².